The van der Waals surface area contributed by atoms with E-state index in [-0.39, 0.29) is 0 Å². The van der Waals surface area contributed by atoms with E-state index in [1.54, 1.807) is 14.2 Å². The first-order valence-corrected chi connectivity index (χ1v) is 7.03. The highest BCUT2D eigenvalue weighted by Crippen LogP contribution is 2.29. The average Bonchev–Trinajstić information content (AvgIpc) is 2.46. The summed E-state index contributed by atoms with van der Waals surface area (Å²) in [4.78, 5) is 0. The fourth-order valence-electron chi connectivity index (χ4n) is 1.85. The molecule has 0 saturated heterocycles. The van der Waals surface area contributed by atoms with Crippen LogP contribution in [-0.2, 0) is 6.61 Å². The van der Waals surface area contributed by atoms with E-state index in [2.05, 4.69) is 15.9 Å². The largest absolute Gasteiger partial charge is 0.493 e. The number of halogens is 1. The van der Waals surface area contributed by atoms with Crippen LogP contribution in [0.15, 0.2) is 40.9 Å². The number of benzene rings is 2. The molecule has 0 radical (unpaired) electrons. The van der Waals surface area contributed by atoms with Crippen molar-refractivity contribution in [3.05, 3.63) is 52.0 Å². The van der Waals surface area contributed by atoms with Gasteiger partial charge in [0.15, 0.2) is 11.5 Å². The summed E-state index contributed by atoms with van der Waals surface area (Å²) in [7, 11) is 3.25. The van der Waals surface area contributed by atoms with Crippen LogP contribution in [0, 0.1) is 6.92 Å². The van der Waals surface area contributed by atoms with Crippen LogP contribution in [0.5, 0.6) is 17.2 Å². The number of methoxy groups -OCH3 is 2. The van der Waals surface area contributed by atoms with E-state index in [0.29, 0.717) is 18.1 Å². The Bertz CT molecular complexity index is 596. The van der Waals surface area contributed by atoms with Crippen LogP contribution in [0.1, 0.15) is 11.1 Å². The maximum atomic E-state index is 5.81. The molecule has 0 fully saturated rings. The molecule has 4 heteroatoms. The van der Waals surface area contributed by atoms with E-state index in [0.717, 1.165) is 15.8 Å². The van der Waals surface area contributed by atoms with Crippen molar-refractivity contribution in [2.45, 2.75) is 13.5 Å². The lowest BCUT2D eigenvalue weighted by Crippen LogP contribution is -1.98. The van der Waals surface area contributed by atoms with E-state index in [1.807, 2.05) is 43.3 Å². The summed E-state index contributed by atoms with van der Waals surface area (Å²) in [5.41, 5.74) is 2.21. The van der Waals surface area contributed by atoms with Crippen molar-refractivity contribution in [1.82, 2.24) is 0 Å². The molecule has 2 rings (SSSR count). The van der Waals surface area contributed by atoms with Gasteiger partial charge in [-0.15, -0.1) is 0 Å². The Morgan fingerprint density at radius 3 is 2.25 bits per heavy atom. The molecule has 0 heterocycles. The van der Waals surface area contributed by atoms with Gasteiger partial charge in [0.05, 0.1) is 18.7 Å². The van der Waals surface area contributed by atoms with Crippen molar-refractivity contribution in [1.29, 1.82) is 0 Å². The first-order valence-electron chi connectivity index (χ1n) is 6.24. The molecule has 20 heavy (non-hydrogen) atoms. The predicted octanol–water partition coefficient (Wildman–Crippen LogP) is 4.35. The molecule has 0 aliphatic rings. The highest BCUT2D eigenvalue weighted by Gasteiger charge is 2.06. The van der Waals surface area contributed by atoms with Crippen LogP contribution in [-0.4, -0.2) is 14.2 Å². The Balaban J connectivity index is 2.10. The topological polar surface area (TPSA) is 27.7 Å². The predicted molar refractivity (Wildman–Crippen MR) is 82.8 cm³/mol. The Morgan fingerprint density at radius 2 is 1.60 bits per heavy atom. The zero-order chi connectivity index (χ0) is 14.5. The normalized spacial score (nSPS) is 10.2. The molecule has 0 bridgehead atoms. The van der Waals surface area contributed by atoms with Gasteiger partial charge in [0.1, 0.15) is 12.4 Å². The highest BCUT2D eigenvalue weighted by atomic mass is 79.9. The van der Waals surface area contributed by atoms with Crippen LogP contribution in [0.3, 0.4) is 0 Å². The van der Waals surface area contributed by atoms with E-state index in [4.69, 9.17) is 14.2 Å². The summed E-state index contributed by atoms with van der Waals surface area (Å²) in [5.74, 6) is 2.25. The second-order valence-corrected chi connectivity index (χ2v) is 5.27. The van der Waals surface area contributed by atoms with Crippen molar-refractivity contribution >= 4 is 15.9 Å². The maximum Gasteiger partial charge on any atom is 0.161 e. The first-order chi connectivity index (χ1) is 9.63. The molecule has 0 saturated carbocycles. The molecule has 2 aromatic rings. The molecule has 0 amide bonds. The summed E-state index contributed by atoms with van der Waals surface area (Å²) in [6.07, 6.45) is 0. The zero-order valence-electron chi connectivity index (χ0n) is 11.8. The molecule has 0 N–H and O–H groups in total. The van der Waals surface area contributed by atoms with E-state index in [9.17, 15) is 0 Å². The Morgan fingerprint density at radius 1 is 0.900 bits per heavy atom. The first kappa shape index (κ1) is 14.7. The lowest BCUT2D eigenvalue weighted by Gasteiger charge is -2.11. The van der Waals surface area contributed by atoms with Crippen molar-refractivity contribution in [3.8, 4) is 17.2 Å². The minimum absolute atomic E-state index is 0.474. The third kappa shape index (κ3) is 3.45. The summed E-state index contributed by atoms with van der Waals surface area (Å²) in [6, 6.07) is 11.8. The number of rotatable bonds is 5. The van der Waals surface area contributed by atoms with Crippen molar-refractivity contribution in [2.24, 2.45) is 0 Å². The van der Waals surface area contributed by atoms with Gasteiger partial charge in [-0.3, -0.25) is 0 Å². The van der Waals surface area contributed by atoms with Crippen LogP contribution >= 0.6 is 15.9 Å². The fraction of sp³-hybridized carbons (Fsp3) is 0.250. The van der Waals surface area contributed by atoms with Crippen LogP contribution in [0.2, 0.25) is 0 Å². The third-order valence-corrected chi connectivity index (χ3v) is 3.55. The van der Waals surface area contributed by atoms with E-state index < -0.39 is 0 Å². The Hall–Kier alpha value is -1.68. The quantitative estimate of drug-likeness (QED) is 0.812. The van der Waals surface area contributed by atoms with Gasteiger partial charge >= 0.3 is 0 Å². The second-order valence-electron chi connectivity index (χ2n) is 4.41. The van der Waals surface area contributed by atoms with Crippen LogP contribution in [0.25, 0.3) is 0 Å². The molecule has 0 aromatic heterocycles. The molecule has 0 spiro atoms. The molecule has 106 valence electrons. The summed E-state index contributed by atoms with van der Waals surface area (Å²) in [6.45, 7) is 2.52. The fourth-order valence-corrected chi connectivity index (χ4v) is 2.46. The van der Waals surface area contributed by atoms with Gasteiger partial charge in [-0.1, -0.05) is 12.1 Å². The standard InChI is InChI=1S/C16H17BrO3/c1-11-4-6-14(13(17)8-11)20-10-12-5-7-15(18-2)16(9-12)19-3/h4-9H,10H2,1-3H3. The molecule has 0 aliphatic heterocycles. The van der Waals surface area contributed by atoms with Gasteiger partial charge in [-0.25, -0.2) is 0 Å². The minimum Gasteiger partial charge on any atom is -0.493 e. The van der Waals surface area contributed by atoms with Gasteiger partial charge in [0.25, 0.3) is 0 Å². The van der Waals surface area contributed by atoms with E-state index in [1.165, 1.54) is 5.56 Å². The summed E-state index contributed by atoms with van der Waals surface area (Å²) in [5, 5.41) is 0. The lowest BCUT2D eigenvalue weighted by atomic mass is 10.2. The van der Waals surface area contributed by atoms with Crippen molar-refractivity contribution in [2.75, 3.05) is 14.2 Å². The minimum atomic E-state index is 0.474. The smallest absolute Gasteiger partial charge is 0.161 e. The molecular weight excluding hydrogens is 320 g/mol. The number of aryl methyl sites for hydroxylation is 1. The summed E-state index contributed by atoms with van der Waals surface area (Å²) >= 11 is 3.50. The third-order valence-electron chi connectivity index (χ3n) is 2.93. The average molecular weight is 337 g/mol. The van der Waals surface area contributed by atoms with Crippen LogP contribution in [0.4, 0.5) is 0 Å². The molecule has 0 atom stereocenters. The number of hydrogen-bond acceptors (Lipinski definition) is 3. The molecule has 0 aliphatic carbocycles. The van der Waals surface area contributed by atoms with Gasteiger partial charge in [0, 0.05) is 0 Å². The zero-order valence-corrected chi connectivity index (χ0v) is 13.4. The SMILES string of the molecule is COc1ccc(COc2ccc(C)cc2Br)cc1OC. The number of ether oxygens (including phenoxy) is 3. The molecule has 0 unspecified atom stereocenters. The Labute approximate surface area is 127 Å². The van der Waals surface area contributed by atoms with Crippen LogP contribution < -0.4 is 14.2 Å². The molecule has 3 nitrogen and oxygen atoms in total. The number of hydrogen-bond donors (Lipinski definition) is 0. The van der Waals surface area contributed by atoms with E-state index >= 15 is 0 Å². The molecular formula is C16H17BrO3. The lowest BCUT2D eigenvalue weighted by molar-refractivity contribution is 0.302. The van der Waals surface area contributed by atoms with Gasteiger partial charge in [0.2, 0.25) is 0 Å². The summed E-state index contributed by atoms with van der Waals surface area (Å²) < 4.78 is 17.3. The Kier molecular flexibility index (Phi) is 4.90. The second kappa shape index (κ2) is 6.66. The van der Waals surface area contributed by atoms with Gasteiger partial charge in [-0.2, -0.15) is 0 Å². The van der Waals surface area contributed by atoms with Gasteiger partial charge in [-0.05, 0) is 58.2 Å². The molecule has 2 aromatic carbocycles. The van der Waals surface area contributed by atoms with Crippen molar-refractivity contribution in [3.63, 3.8) is 0 Å². The highest BCUT2D eigenvalue weighted by molar-refractivity contribution is 9.10. The van der Waals surface area contributed by atoms with Crippen molar-refractivity contribution < 1.29 is 14.2 Å². The van der Waals surface area contributed by atoms with Gasteiger partial charge < -0.3 is 14.2 Å². The monoisotopic (exact) mass is 336 g/mol. The maximum absolute atomic E-state index is 5.81.